The van der Waals surface area contributed by atoms with Crippen molar-refractivity contribution in [3.8, 4) is 11.1 Å². The molecule has 1 heterocycles. The van der Waals surface area contributed by atoms with E-state index in [1.54, 1.807) is 4.90 Å². The second kappa shape index (κ2) is 7.81. The van der Waals surface area contributed by atoms with Crippen LogP contribution in [0.15, 0.2) is 48.5 Å². The summed E-state index contributed by atoms with van der Waals surface area (Å²) in [6.07, 6.45) is -0.659. The number of nitrogens with zero attached hydrogens (tertiary/aromatic N) is 1. The van der Waals surface area contributed by atoms with Gasteiger partial charge in [-0.15, -0.1) is 0 Å². The number of hydrogen-bond acceptors (Lipinski definition) is 4. The van der Waals surface area contributed by atoms with Crippen LogP contribution < -0.4 is 0 Å². The van der Waals surface area contributed by atoms with E-state index in [2.05, 4.69) is 24.3 Å². The smallest absolute Gasteiger partial charge is 0.409 e. The summed E-state index contributed by atoms with van der Waals surface area (Å²) in [4.78, 5) is 14.3. The summed E-state index contributed by atoms with van der Waals surface area (Å²) < 4.78 is 11.7. The third-order valence-corrected chi connectivity index (χ3v) is 5.50. The topological polar surface area (TPSA) is 59.0 Å². The number of aliphatic hydroxyl groups is 1. The van der Waals surface area contributed by atoms with E-state index in [4.69, 9.17) is 9.47 Å². The molecule has 2 aromatic carbocycles. The minimum absolute atomic E-state index is 0.0303. The molecule has 0 aromatic heterocycles. The van der Waals surface area contributed by atoms with E-state index in [0.29, 0.717) is 13.0 Å². The van der Waals surface area contributed by atoms with Crippen LogP contribution in [-0.2, 0) is 9.47 Å². The number of rotatable bonds is 3. The highest BCUT2D eigenvalue weighted by Crippen LogP contribution is 2.44. The maximum absolute atomic E-state index is 12.8. The van der Waals surface area contributed by atoms with E-state index in [-0.39, 0.29) is 30.8 Å². The zero-order valence-electron chi connectivity index (χ0n) is 17.3. The number of aliphatic hydroxyl groups excluding tert-OH is 1. The normalized spacial score (nSPS) is 21.6. The third kappa shape index (κ3) is 4.31. The molecule has 1 aliphatic heterocycles. The van der Waals surface area contributed by atoms with Gasteiger partial charge in [0.25, 0.3) is 0 Å². The fourth-order valence-corrected chi connectivity index (χ4v) is 4.45. The molecule has 5 heteroatoms. The average molecular weight is 395 g/mol. The lowest BCUT2D eigenvalue weighted by atomic mass is 9.98. The van der Waals surface area contributed by atoms with Crippen molar-refractivity contribution in [3.05, 3.63) is 59.7 Å². The first kappa shape index (κ1) is 19.9. The van der Waals surface area contributed by atoms with Crippen molar-refractivity contribution in [2.75, 3.05) is 19.7 Å². The van der Waals surface area contributed by atoms with Crippen molar-refractivity contribution >= 4 is 6.09 Å². The quantitative estimate of drug-likeness (QED) is 0.847. The summed E-state index contributed by atoms with van der Waals surface area (Å²) >= 11 is 0. The van der Waals surface area contributed by atoms with Crippen LogP contribution in [-0.4, -0.2) is 53.6 Å². The predicted molar refractivity (Wildman–Crippen MR) is 112 cm³/mol. The lowest BCUT2D eigenvalue weighted by Gasteiger charge is -2.38. The number of carbonyl (C=O) groups is 1. The van der Waals surface area contributed by atoms with Gasteiger partial charge < -0.3 is 19.5 Å². The number of ether oxygens (including phenoxy) is 2. The molecule has 4 rings (SSSR count). The lowest BCUT2D eigenvalue weighted by molar-refractivity contribution is -0.106. The maximum Gasteiger partial charge on any atom is 0.409 e. The Morgan fingerprint density at radius 1 is 1.03 bits per heavy atom. The molecule has 154 valence electrons. The summed E-state index contributed by atoms with van der Waals surface area (Å²) in [6, 6.07) is 16.6. The minimum atomic E-state index is -0.600. The Balaban J connectivity index is 1.44. The van der Waals surface area contributed by atoms with Crippen molar-refractivity contribution in [1.82, 2.24) is 4.90 Å². The van der Waals surface area contributed by atoms with Crippen molar-refractivity contribution < 1.29 is 19.4 Å². The number of hydrogen-bond donors (Lipinski definition) is 1. The van der Waals surface area contributed by atoms with Crippen LogP contribution in [0.25, 0.3) is 11.1 Å². The Labute approximate surface area is 172 Å². The molecule has 1 fully saturated rings. The fraction of sp³-hybridized carbons (Fsp3) is 0.458. The Hall–Kier alpha value is -2.37. The largest absolute Gasteiger partial charge is 0.448 e. The highest BCUT2D eigenvalue weighted by molar-refractivity contribution is 5.79. The standard InChI is InChI=1S/C24H29NO4/c1-24(2,3)29-17-12-16(26)13-25(14-17)23(27)28-15-22-20-10-6-4-8-18(20)19-9-5-7-11-21(19)22/h4-11,16-17,22,26H,12-15H2,1-3H3/t16-,17-/m0/s1. The Kier molecular flexibility index (Phi) is 5.36. The molecule has 0 radical (unpaired) electrons. The Morgan fingerprint density at radius 2 is 1.62 bits per heavy atom. The molecule has 1 N–H and O–H groups in total. The summed E-state index contributed by atoms with van der Waals surface area (Å²) in [5, 5.41) is 10.2. The van der Waals surface area contributed by atoms with Crippen LogP contribution in [0.3, 0.4) is 0 Å². The van der Waals surface area contributed by atoms with Gasteiger partial charge in [-0.3, -0.25) is 0 Å². The molecule has 2 atom stereocenters. The van der Waals surface area contributed by atoms with E-state index in [1.165, 1.54) is 22.3 Å². The summed E-state index contributed by atoms with van der Waals surface area (Å²) in [7, 11) is 0. The van der Waals surface area contributed by atoms with Gasteiger partial charge in [-0.25, -0.2) is 4.79 Å². The molecular weight excluding hydrogens is 366 g/mol. The molecule has 0 unspecified atom stereocenters. The van der Waals surface area contributed by atoms with Gasteiger partial charge in [0, 0.05) is 12.3 Å². The van der Waals surface area contributed by atoms with Crippen LogP contribution in [0.1, 0.15) is 44.2 Å². The predicted octanol–water partition coefficient (Wildman–Crippen LogP) is 4.19. The van der Waals surface area contributed by atoms with Crippen molar-refractivity contribution in [2.24, 2.45) is 0 Å². The van der Waals surface area contributed by atoms with E-state index >= 15 is 0 Å². The monoisotopic (exact) mass is 395 g/mol. The molecule has 2 aliphatic rings. The number of fused-ring (bicyclic) bond motifs is 3. The van der Waals surface area contributed by atoms with Crippen LogP contribution in [0.5, 0.6) is 0 Å². The van der Waals surface area contributed by atoms with Gasteiger partial charge >= 0.3 is 6.09 Å². The van der Waals surface area contributed by atoms with Crippen molar-refractivity contribution in [2.45, 2.75) is 50.9 Å². The molecule has 1 saturated heterocycles. The SMILES string of the molecule is CC(C)(C)O[C@H]1C[C@H](O)CN(C(=O)OCC2c3ccccc3-c3ccccc32)C1. The number of piperidine rings is 1. The van der Waals surface area contributed by atoms with E-state index < -0.39 is 12.2 Å². The molecular formula is C24H29NO4. The highest BCUT2D eigenvalue weighted by atomic mass is 16.6. The number of benzene rings is 2. The summed E-state index contributed by atoms with van der Waals surface area (Å²) in [5.74, 6) is 0.0303. The van der Waals surface area contributed by atoms with Crippen LogP contribution in [0.2, 0.25) is 0 Å². The molecule has 1 aliphatic carbocycles. The van der Waals surface area contributed by atoms with E-state index in [1.807, 2.05) is 45.0 Å². The van der Waals surface area contributed by atoms with Gasteiger partial charge in [0.15, 0.2) is 0 Å². The van der Waals surface area contributed by atoms with Gasteiger partial charge in [0.1, 0.15) is 6.61 Å². The first-order valence-corrected chi connectivity index (χ1v) is 10.3. The molecule has 0 saturated carbocycles. The second-order valence-corrected chi connectivity index (χ2v) is 8.95. The number of carbonyl (C=O) groups excluding carboxylic acids is 1. The van der Waals surface area contributed by atoms with Gasteiger partial charge in [0.05, 0.1) is 30.9 Å². The first-order chi connectivity index (χ1) is 13.8. The van der Waals surface area contributed by atoms with Crippen LogP contribution in [0, 0.1) is 0 Å². The maximum atomic E-state index is 12.8. The fourth-order valence-electron chi connectivity index (χ4n) is 4.45. The van der Waals surface area contributed by atoms with Crippen LogP contribution in [0.4, 0.5) is 4.79 Å². The number of β-amino-alcohol motifs (C(OH)–C–C–N with tert-alkyl or cyclic N) is 1. The zero-order valence-corrected chi connectivity index (χ0v) is 17.3. The van der Waals surface area contributed by atoms with Gasteiger partial charge in [-0.2, -0.15) is 0 Å². The lowest BCUT2D eigenvalue weighted by Crippen LogP contribution is -2.51. The zero-order chi connectivity index (χ0) is 20.6. The molecule has 2 aromatic rings. The van der Waals surface area contributed by atoms with Gasteiger partial charge in [-0.05, 0) is 43.0 Å². The molecule has 1 amide bonds. The molecule has 0 spiro atoms. The third-order valence-electron chi connectivity index (χ3n) is 5.50. The van der Waals surface area contributed by atoms with Gasteiger partial charge in [-0.1, -0.05) is 48.5 Å². The Bertz CT molecular complexity index is 843. The van der Waals surface area contributed by atoms with E-state index in [0.717, 1.165) is 0 Å². The van der Waals surface area contributed by atoms with Gasteiger partial charge in [0.2, 0.25) is 0 Å². The molecule has 5 nitrogen and oxygen atoms in total. The second-order valence-electron chi connectivity index (χ2n) is 8.95. The molecule has 0 bridgehead atoms. The number of amides is 1. The molecule has 29 heavy (non-hydrogen) atoms. The van der Waals surface area contributed by atoms with Crippen molar-refractivity contribution in [3.63, 3.8) is 0 Å². The summed E-state index contributed by atoms with van der Waals surface area (Å²) in [6.45, 7) is 6.93. The Morgan fingerprint density at radius 3 is 2.21 bits per heavy atom. The highest BCUT2D eigenvalue weighted by Gasteiger charge is 2.34. The average Bonchev–Trinajstić information content (AvgIpc) is 2.98. The summed E-state index contributed by atoms with van der Waals surface area (Å²) in [5.41, 5.74) is 4.46. The number of likely N-dealkylation sites (tertiary alicyclic amines) is 1. The first-order valence-electron chi connectivity index (χ1n) is 10.3. The van der Waals surface area contributed by atoms with E-state index in [9.17, 15) is 9.90 Å². The minimum Gasteiger partial charge on any atom is -0.448 e. The van der Waals surface area contributed by atoms with Crippen molar-refractivity contribution in [1.29, 1.82) is 0 Å². The van der Waals surface area contributed by atoms with Crippen LogP contribution >= 0.6 is 0 Å².